The van der Waals surface area contributed by atoms with Crippen LogP contribution in [-0.2, 0) is 11.3 Å². The average molecular weight is 583 g/mol. The van der Waals surface area contributed by atoms with Crippen LogP contribution in [0.5, 0.6) is 0 Å². The topological polar surface area (TPSA) is 107 Å². The molecule has 1 unspecified atom stereocenters. The third kappa shape index (κ3) is 7.19. The van der Waals surface area contributed by atoms with Crippen molar-refractivity contribution in [2.75, 3.05) is 31.6 Å². The molecule has 1 saturated carbocycles. The summed E-state index contributed by atoms with van der Waals surface area (Å²) in [6.45, 7) is 6.51. The van der Waals surface area contributed by atoms with Gasteiger partial charge in [0, 0.05) is 48.5 Å². The van der Waals surface area contributed by atoms with E-state index in [0.717, 1.165) is 99.2 Å². The summed E-state index contributed by atoms with van der Waals surface area (Å²) in [7, 11) is 0. The zero-order valence-electron chi connectivity index (χ0n) is 24.1. The predicted octanol–water partition coefficient (Wildman–Crippen LogP) is 6.28. The molecule has 2 aromatic heterocycles. The second-order valence-electron chi connectivity index (χ2n) is 11.6. The second-order valence-corrected chi connectivity index (χ2v) is 12.7. The van der Waals surface area contributed by atoms with Gasteiger partial charge in [-0.3, -0.25) is 9.88 Å². The number of aromatic nitrogens is 2. The molecule has 1 aliphatic carbocycles. The zero-order chi connectivity index (χ0) is 28.9. The lowest BCUT2D eigenvalue weighted by Gasteiger charge is -2.28. The first-order valence-electron chi connectivity index (χ1n) is 15.0. The number of anilines is 1. The van der Waals surface area contributed by atoms with Crippen molar-refractivity contribution in [1.29, 1.82) is 5.26 Å². The maximum absolute atomic E-state index is 9.97. The molecule has 9 heteroatoms. The van der Waals surface area contributed by atoms with Gasteiger partial charge in [-0.25, -0.2) is 9.98 Å². The van der Waals surface area contributed by atoms with Gasteiger partial charge in [-0.05, 0) is 85.4 Å². The number of fused-ring (bicyclic) bond motifs is 1. The van der Waals surface area contributed by atoms with Gasteiger partial charge in [0.15, 0.2) is 5.82 Å². The Morgan fingerprint density at radius 3 is 2.71 bits per heavy atom. The van der Waals surface area contributed by atoms with Gasteiger partial charge < -0.3 is 15.2 Å². The lowest BCUT2D eigenvalue weighted by atomic mass is 9.93. The minimum atomic E-state index is -0.185. The van der Waals surface area contributed by atoms with E-state index in [1.54, 1.807) is 18.0 Å². The molecule has 42 heavy (non-hydrogen) atoms. The Morgan fingerprint density at radius 2 is 1.90 bits per heavy atom. The highest BCUT2D eigenvalue weighted by Gasteiger charge is 2.22. The number of nitrogens with zero attached hydrogens (tertiary/aromatic N) is 5. The molecule has 0 radical (unpaired) electrons. The monoisotopic (exact) mass is 582 g/mol. The normalized spacial score (nSPS) is 24.0. The van der Waals surface area contributed by atoms with Crippen LogP contribution in [0.4, 0.5) is 11.6 Å². The molecule has 1 atom stereocenters. The summed E-state index contributed by atoms with van der Waals surface area (Å²) < 4.78 is 5.56. The number of nitrogens with one attached hydrogen (secondary N) is 1. The Hall–Kier alpha value is -3.29. The van der Waals surface area contributed by atoms with Crippen LogP contribution in [0.1, 0.15) is 68.1 Å². The van der Waals surface area contributed by atoms with Crippen molar-refractivity contribution >= 4 is 28.4 Å². The maximum atomic E-state index is 9.97. The van der Waals surface area contributed by atoms with Crippen LogP contribution in [0.3, 0.4) is 0 Å². The molecule has 6 rings (SSSR count). The van der Waals surface area contributed by atoms with E-state index in [1.807, 2.05) is 12.3 Å². The Morgan fingerprint density at radius 1 is 1.07 bits per heavy atom. The van der Waals surface area contributed by atoms with Crippen molar-refractivity contribution in [3.63, 3.8) is 0 Å². The summed E-state index contributed by atoms with van der Waals surface area (Å²) in [5, 5.41) is 24.0. The second kappa shape index (κ2) is 13.3. The van der Waals surface area contributed by atoms with Crippen LogP contribution >= 0.6 is 11.8 Å². The van der Waals surface area contributed by atoms with Crippen LogP contribution in [0.25, 0.3) is 11.1 Å². The summed E-state index contributed by atoms with van der Waals surface area (Å²) in [4.78, 5) is 18.0. The molecular weight excluding hydrogens is 544 g/mol. The number of benzene rings is 1. The largest absolute Gasteiger partial charge is 0.393 e. The third-order valence-electron chi connectivity index (χ3n) is 8.43. The van der Waals surface area contributed by atoms with Gasteiger partial charge in [0.1, 0.15) is 11.9 Å². The van der Waals surface area contributed by atoms with Crippen LogP contribution < -0.4 is 5.32 Å². The van der Waals surface area contributed by atoms with E-state index in [9.17, 15) is 10.4 Å². The molecule has 3 aliphatic rings. The van der Waals surface area contributed by atoms with Crippen LogP contribution in [0.15, 0.2) is 58.7 Å². The summed E-state index contributed by atoms with van der Waals surface area (Å²) in [6, 6.07) is 15.2. The van der Waals surface area contributed by atoms with Crippen LogP contribution in [0.2, 0.25) is 0 Å². The SMILES string of the molecule is CC1CCC(=Nc2cc(CN3CCOCC3)cc(NC3CCC(O)CC3)n2)Sc2cc(-c3cncc(C#N)c3)ccc21. The number of morpholine rings is 1. The first kappa shape index (κ1) is 28.8. The summed E-state index contributed by atoms with van der Waals surface area (Å²) >= 11 is 1.73. The van der Waals surface area contributed by atoms with E-state index in [-0.39, 0.29) is 6.10 Å². The average Bonchev–Trinajstić information content (AvgIpc) is 3.16. The van der Waals surface area contributed by atoms with Crippen molar-refractivity contribution in [3.8, 4) is 17.2 Å². The van der Waals surface area contributed by atoms with Gasteiger partial charge in [-0.2, -0.15) is 5.26 Å². The van der Waals surface area contributed by atoms with Gasteiger partial charge in [0.05, 0.1) is 29.9 Å². The standard InChI is InChI=1S/C33H38N6O2S/c1-22-2-9-33(42-30-17-25(3-8-29(22)30)26-14-24(18-34)19-35-20-26)38-32-16-23(21-39-10-12-41-13-11-39)15-31(37-32)36-27-4-6-28(40)7-5-27/h3,8,14-17,19-20,22,27-28,40H,2,4-7,9-13,21H2,1H3,(H,36,37). The number of pyridine rings is 2. The molecule has 0 amide bonds. The molecule has 218 valence electrons. The first-order chi connectivity index (χ1) is 20.5. The van der Waals surface area contributed by atoms with E-state index >= 15 is 0 Å². The van der Waals surface area contributed by atoms with E-state index in [1.165, 1.54) is 16.0 Å². The Balaban J connectivity index is 1.29. The third-order valence-corrected chi connectivity index (χ3v) is 9.54. The van der Waals surface area contributed by atoms with Crippen molar-refractivity contribution < 1.29 is 9.84 Å². The molecule has 3 aromatic rings. The van der Waals surface area contributed by atoms with E-state index in [0.29, 0.717) is 17.5 Å². The smallest absolute Gasteiger partial charge is 0.155 e. The fraction of sp³-hybridized carbons (Fsp3) is 0.455. The number of aliphatic hydroxyl groups is 1. The summed E-state index contributed by atoms with van der Waals surface area (Å²) in [6.07, 6.45) is 8.67. The van der Waals surface area contributed by atoms with E-state index < -0.39 is 0 Å². The van der Waals surface area contributed by atoms with Crippen LogP contribution in [0, 0.1) is 11.3 Å². The van der Waals surface area contributed by atoms with Gasteiger partial charge in [-0.15, -0.1) is 0 Å². The number of thioether (sulfide) groups is 1. The number of hydrogen-bond acceptors (Lipinski definition) is 9. The zero-order valence-corrected chi connectivity index (χ0v) is 24.9. The summed E-state index contributed by atoms with van der Waals surface area (Å²) in [5.41, 5.74) is 5.08. The van der Waals surface area contributed by atoms with Crippen molar-refractivity contribution in [1.82, 2.24) is 14.9 Å². The Bertz CT molecular complexity index is 1470. The van der Waals surface area contributed by atoms with Gasteiger partial charge >= 0.3 is 0 Å². The van der Waals surface area contributed by atoms with Crippen molar-refractivity contribution in [3.05, 3.63) is 65.5 Å². The fourth-order valence-corrected chi connectivity index (χ4v) is 7.17. The molecule has 4 heterocycles. The number of aliphatic imine (C=N–C) groups is 1. The molecule has 1 aromatic carbocycles. The fourth-order valence-electron chi connectivity index (χ4n) is 5.99. The van der Waals surface area contributed by atoms with Crippen molar-refractivity contribution in [2.45, 2.75) is 75.0 Å². The molecular formula is C33H38N6O2S. The Labute approximate surface area is 252 Å². The number of nitriles is 1. The minimum absolute atomic E-state index is 0.185. The predicted molar refractivity (Wildman–Crippen MR) is 167 cm³/mol. The number of aliphatic hydroxyl groups excluding tert-OH is 1. The van der Waals surface area contributed by atoms with Gasteiger partial charge in [-0.1, -0.05) is 30.8 Å². The quantitative estimate of drug-likeness (QED) is 0.350. The van der Waals surface area contributed by atoms with E-state index in [4.69, 9.17) is 14.7 Å². The van der Waals surface area contributed by atoms with Gasteiger partial charge in [0.25, 0.3) is 0 Å². The van der Waals surface area contributed by atoms with Crippen LogP contribution in [-0.4, -0.2) is 63.5 Å². The minimum Gasteiger partial charge on any atom is -0.393 e. The highest BCUT2D eigenvalue weighted by molar-refractivity contribution is 8.14. The number of rotatable bonds is 6. The highest BCUT2D eigenvalue weighted by Crippen LogP contribution is 2.40. The molecule has 2 N–H and O–H groups in total. The maximum Gasteiger partial charge on any atom is 0.155 e. The Kier molecular flexibility index (Phi) is 9.15. The van der Waals surface area contributed by atoms with E-state index in [2.05, 4.69) is 58.5 Å². The van der Waals surface area contributed by atoms with Gasteiger partial charge in [0.2, 0.25) is 0 Å². The first-order valence-corrected chi connectivity index (χ1v) is 15.8. The lowest BCUT2D eigenvalue weighted by Crippen LogP contribution is -2.35. The molecule has 2 aliphatic heterocycles. The molecule has 0 spiro atoms. The molecule has 2 fully saturated rings. The number of hydrogen-bond donors (Lipinski definition) is 2. The van der Waals surface area contributed by atoms with Crippen molar-refractivity contribution in [2.24, 2.45) is 4.99 Å². The molecule has 1 saturated heterocycles. The molecule has 0 bridgehead atoms. The number of ether oxygens (including phenoxy) is 1. The highest BCUT2D eigenvalue weighted by atomic mass is 32.2. The molecule has 8 nitrogen and oxygen atoms in total. The summed E-state index contributed by atoms with van der Waals surface area (Å²) in [5.74, 6) is 2.01. The lowest BCUT2D eigenvalue weighted by molar-refractivity contribution is 0.0342.